The number of allylic oxidation sites excluding steroid dienone is 5. The lowest BCUT2D eigenvalue weighted by Gasteiger charge is -2.21. The third-order valence-electron chi connectivity index (χ3n) is 5.76. The van der Waals surface area contributed by atoms with Gasteiger partial charge in [-0.1, -0.05) is 37.6 Å². The average Bonchev–Trinajstić information content (AvgIpc) is 3.24. The Hall–Kier alpha value is -3.07. The number of aromatic amines is 1. The van der Waals surface area contributed by atoms with Crippen LogP contribution in [0.4, 0.5) is 5.82 Å². The Morgan fingerprint density at radius 1 is 1.14 bits per heavy atom. The smallest absolute Gasteiger partial charge is 0.133 e. The molecule has 3 aromatic rings. The van der Waals surface area contributed by atoms with Crippen LogP contribution in [0.25, 0.3) is 22.0 Å². The number of benzene rings is 1. The van der Waals surface area contributed by atoms with Crippen LogP contribution in [0.5, 0.6) is 0 Å². The normalized spacial score (nSPS) is 14.5. The van der Waals surface area contributed by atoms with Crippen molar-refractivity contribution >= 4 is 16.7 Å². The molecule has 148 valence electrons. The van der Waals surface area contributed by atoms with E-state index in [0.717, 1.165) is 37.0 Å². The fraction of sp³-hybridized carbons (Fsp3) is 0.269. The topological polar surface area (TPSA) is 40.7 Å². The zero-order chi connectivity index (χ0) is 20.2. The number of hydrogen-bond acceptors (Lipinski definition) is 2. The first-order valence-electron chi connectivity index (χ1n) is 10.6. The third kappa shape index (κ3) is 4.04. The van der Waals surface area contributed by atoms with E-state index >= 15 is 0 Å². The van der Waals surface area contributed by atoms with Crippen LogP contribution in [0.1, 0.15) is 45.6 Å². The lowest BCUT2D eigenvalue weighted by molar-refractivity contribution is 0.952. The number of fused-ring (bicyclic) bond motifs is 2. The van der Waals surface area contributed by atoms with E-state index in [9.17, 15) is 0 Å². The van der Waals surface area contributed by atoms with Crippen molar-refractivity contribution in [3.63, 3.8) is 0 Å². The number of hydrogen-bond donors (Lipinski definition) is 2. The zero-order valence-electron chi connectivity index (χ0n) is 17.5. The molecule has 0 unspecified atom stereocenters. The molecule has 2 aromatic heterocycles. The van der Waals surface area contributed by atoms with Gasteiger partial charge in [-0.25, -0.2) is 4.98 Å². The maximum atomic E-state index is 4.70. The van der Waals surface area contributed by atoms with Gasteiger partial charge < -0.3 is 10.3 Å². The second-order valence-electron chi connectivity index (χ2n) is 7.62. The van der Waals surface area contributed by atoms with E-state index in [2.05, 4.69) is 79.8 Å². The maximum Gasteiger partial charge on any atom is 0.133 e. The van der Waals surface area contributed by atoms with Gasteiger partial charge in [0, 0.05) is 36.1 Å². The van der Waals surface area contributed by atoms with Gasteiger partial charge in [-0.15, -0.1) is 0 Å². The largest absolute Gasteiger partial charge is 0.361 e. The van der Waals surface area contributed by atoms with E-state index in [0.29, 0.717) is 0 Å². The van der Waals surface area contributed by atoms with Gasteiger partial charge in [0.25, 0.3) is 0 Å². The molecule has 0 spiro atoms. The Morgan fingerprint density at radius 2 is 2.03 bits per heavy atom. The van der Waals surface area contributed by atoms with Crippen LogP contribution >= 0.6 is 0 Å². The lowest BCUT2D eigenvalue weighted by Crippen LogP contribution is -2.10. The summed E-state index contributed by atoms with van der Waals surface area (Å²) in [6.07, 6.45) is 14.8. The molecule has 1 aliphatic heterocycles. The number of nitrogens with one attached hydrogen (secondary N) is 2. The van der Waals surface area contributed by atoms with Crippen LogP contribution in [-0.4, -0.2) is 9.97 Å². The number of nitrogens with zero attached hydrogens (tertiary/aromatic N) is 1. The summed E-state index contributed by atoms with van der Waals surface area (Å²) in [7, 11) is 0. The van der Waals surface area contributed by atoms with E-state index < -0.39 is 0 Å². The summed E-state index contributed by atoms with van der Waals surface area (Å²) in [5, 5.41) is 4.65. The van der Waals surface area contributed by atoms with Crippen LogP contribution < -0.4 is 5.32 Å². The standard InChI is InChI=1S/C26H29N3/c1-4-7-19(12-18(5-2)6-3)23-14-22-15-24(17-29-26(22)28-16-23)20-8-9-25-21(13-20)10-11-27-25/h5,7-11,13,15-17,27H,4,6,12,14H2,1-3H3,(H,28,29)/b18-5-,19-7+. The van der Waals surface area contributed by atoms with Crippen molar-refractivity contribution in [2.75, 3.05) is 5.32 Å². The quantitative estimate of drug-likeness (QED) is 0.443. The first-order valence-corrected chi connectivity index (χ1v) is 10.6. The SMILES string of the molecule is C/C=C(/CC)C/C(=C\CC)C1=CNc2ncc(-c3ccc4[nH]ccc4c3)cc2C1. The van der Waals surface area contributed by atoms with E-state index in [1.807, 2.05) is 12.4 Å². The van der Waals surface area contributed by atoms with Crippen LogP contribution in [0.2, 0.25) is 0 Å². The van der Waals surface area contributed by atoms with Crippen molar-refractivity contribution in [1.29, 1.82) is 0 Å². The molecule has 3 heterocycles. The van der Waals surface area contributed by atoms with Gasteiger partial charge in [-0.3, -0.25) is 0 Å². The highest BCUT2D eigenvalue weighted by atomic mass is 15.0. The Kier molecular flexibility index (Phi) is 5.66. The summed E-state index contributed by atoms with van der Waals surface area (Å²) < 4.78 is 0. The van der Waals surface area contributed by atoms with Crippen molar-refractivity contribution in [2.24, 2.45) is 0 Å². The second-order valence-corrected chi connectivity index (χ2v) is 7.62. The predicted octanol–water partition coefficient (Wildman–Crippen LogP) is 7.16. The summed E-state index contributed by atoms with van der Waals surface area (Å²) in [6, 6.07) is 10.9. The van der Waals surface area contributed by atoms with Crippen LogP contribution in [-0.2, 0) is 6.42 Å². The lowest BCUT2D eigenvalue weighted by atomic mass is 9.90. The van der Waals surface area contributed by atoms with E-state index in [-0.39, 0.29) is 0 Å². The van der Waals surface area contributed by atoms with E-state index in [1.54, 1.807) is 0 Å². The van der Waals surface area contributed by atoms with Crippen molar-refractivity contribution in [3.8, 4) is 11.1 Å². The third-order valence-corrected chi connectivity index (χ3v) is 5.76. The van der Waals surface area contributed by atoms with Gasteiger partial charge in [-0.05, 0) is 78.1 Å². The molecule has 1 aromatic carbocycles. The van der Waals surface area contributed by atoms with E-state index in [4.69, 9.17) is 4.98 Å². The van der Waals surface area contributed by atoms with Gasteiger partial charge >= 0.3 is 0 Å². The maximum absolute atomic E-state index is 4.70. The minimum atomic E-state index is 0.919. The number of rotatable bonds is 6. The molecular weight excluding hydrogens is 354 g/mol. The van der Waals surface area contributed by atoms with Crippen molar-refractivity contribution in [2.45, 2.75) is 46.5 Å². The molecule has 3 nitrogen and oxygen atoms in total. The summed E-state index contributed by atoms with van der Waals surface area (Å²) in [4.78, 5) is 7.96. The van der Waals surface area contributed by atoms with Gasteiger partial charge in [0.15, 0.2) is 0 Å². The molecule has 3 heteroatoms. The van der Waals surface area contributed by atoms with Gasteiger partial charge in [0.2, 0.25) is 0 Å². The Bertz CT molecular complexity index is 1110. The summed E-state index contributed by atoms with van der Waals surface area (Å²) in [5.74, 6) is 0.970. The fourth-order valence-electron chi connectivity index (χ4n) is 4.02. The van der Waals surface area contributed by atoms with Gasteiger partial charge in [0.1, 0.15) is 5.82 Å². The molecular formula is C26H29N3. The molecule has 0 aliphatic carbocycles. The van der Waals surface area contributed by atoms with Crippen LogP contribution in [0.15, 0.2) is 77.8 Å². The molecule has 0 fully saturated rings. The number of pyridine rings is 1. The second kappa shape index (κ2) is 8.52. The average molecular weight is 384 g/mol. The molecule has 0 bridgehead atoms. The summed E-state index contributed by atoms with van der Waals surface area (Å²) in [5.41, 5.74) is 9.08. The number of aromatic nitrogens is 2. The highest BCUT2D eigenvalue weighted by Crippen LogP contribution is 2.33. The molecule has 2 N–H and O–H groups in total. The molecule has 4 rings (SSSR count). The van der Waals surface area contributed by atoms with Gasteiger partial charge in [0.05, 0.1) is 0 Å². The molecule has 0 radical (unpaired) electrons. The highest BCUT2D eigenvalue weighted by Gasteiger charge is 2.16. The van der Waals surface area contributed by atoms with E-state index in [1.165, 1.54) is 38.8 Å². The Labute approximate surface area is 173 Å². The molecule has 0 saturated heterocycles. The molecule has 1 aliphatic rings. The summed E-state index contributed by atoms with van der Waals surface area (Å²) in [6.45, 7) is 6.59. The first-order chi connectivity index (χ1) is 14.2. The van der Waals surface area contributed by atoms with Crippen molar-refractivity contribution in [1.82, 2.24) is 9.97 Å². The minimum Gasteiger partial charge on any atom is -0.361 e. The summed E-state index contributed by atoms with van der Waals surface area (Å²) >= 11 is 0. The Morgan fingerprint density at radius 3 is 2.83 bits per heavy atom. The van der Waals surface area contributed by atoms with Gasteiger partial charge in [-0.2, -0.15) is 0 Å². The molecule has 0 amide bonds. The molecule has 29 heavy (non-hydrogen) atoms. The predicted molar refractivity (Wildman–Crippen MR) is 124 cm³/mol. The van der Waals surface area contributed by atoms with Crippen LogP contribution in [0, 0.1) is 0 Å². The monoisotopic (exact) mass is 383 g/mol. The molecule has 0 saturated carbocycles. The van der Waals surface area contributed by atoms with Crippen molar-refractivity contribution < 1.29 is 0 Å². The van der Waals surface area contributed by atoms with Crippen LogP contribution in [0.3, 0.4) is 0 Å². The van der Waals surface area contributed by atoms with Crippen molar-refractivity contribution in [3.05, 3.63) is 83.4 Å². The minimum absolute atomic E-state index is 0.919. The fourth-order valence-corrected chi connectivity index (χ4v) is 4.02. The molecule has 0 atom stereocenters. The highest BCUT2D eigenvalue weighted by molar-refractivity contribution is 5.85. The Balaban J connectivity index is 1.62. The first kappa shape index (κ1) is 19.3. The zero-order valence-corrected chi connectivity index (χ0v) is 17.5. The number of H-pyrrole nitrogens is 1. The number of anilines is 1.